The normalized spacial score (nSPS) is 19.8. The fraction of sp³-hybridized carbons (Fsp3) is 0.500. The highest BCUT2D eigenvalue weighted by atomic mass is 19.2. The quantitative estimate of drug-likeness (QED) is 0.108. The maximum absolute atomic E-state index is 15.4. The minimum Gasteiger partial charge on any atom is -0.206 e. The highest BCUT2D eigenvalue weighted by molar-refractivity contribution is 5.74. The van der Waals surface area contributed by atoms with Crippen LogP contribution >= 0.6 is 0 Å². The van der Waals surface area contributed by atoms with Crippen LogP contribution in [0.1, 0.15) is 127 Å². The molecule has 252 valence electrons. The Labute approximate surface area is 282 Å². The molecule has 1 atom stereocenters. The van der Waals surface area contributed by atoms with E-state index in [2.05, 4.69) is 25.7 Å². The van der Waals surface area contributed by atoms with Gasteiger partial charge in [0.15, 0.2) is 11.6 Å². The van der Waals surface area contributed by atoms with Crippen molar-refractivity contribution >= 4 is 5.57 Å². The number of unbranched alkanes of at least 4 members (excludes halogenated alkanes) is 7. The van der Waals surface area contributed by atoms with E-state index in [1.54, 1.807) is 42.5 Å². The van der Waals surface area contributed by atoms with Gasteiger partial charge < -0.3 is 0 Å². The number of benzene rings is 3. The minimum absolute atomic E-state index is 0.243. The average Bonchev–Trinajstić information content (AvgIpc) is 3.11. The molecule has 2 aliphatic rings. The molecule has 0 saturated heterocycles. The topological polar surface area (TPSA) is 0 Å². The molecular formula is C44H55F3. The van der Waals surface area contributed by atoms with Crippen LogP contribution in [0.25, 0.3) is 27.8 Å². The third-order valence-corrected chi connectivity index (χ3v) is 11.1. The van der Waals surface area contributed by atoms with Gasteiger partial charge in [-0.25, -0.2) is 13.2 Å². The maximum atomic E-state index is 15.4. The lowest BCUT2D eigenvalue weighted by Gasteiger charge is -2.35. The first-order valence-corrected chi connectivity index (χ1v) is 18.7. The average molecular weight is 641 g/mol. The summed E-state index contributed by atoms with van der Waals surface area (Å²) in [5.41, 5.74) is 4.76. The van der Waals surface area contributed by atoms with E-state index in [4.69, 9.17) is 0 Å². The molecule has 0 spiro atoms. The van der Waals surface area contributed by atoms with Gasteiger partial charge in [0.1, 0.15) is 5.82 Å². The van der Waals surface area contributed by atoms with Crippen molar-refractivity contribution in [3.63, 3.8) is 0 Å². The molecule has 0 amide bonds. The lowest BCUT2D eigenvalue weighted by Crippen LogP contribution is -2.23. The van der Waals surface area contributed by atoms with Crippen molar-refractivity contribution in [3.05, 3.63) is 102 Å². The zero-order valence-electron chi connectivity index (χ0n) is 28.7. The molecule has 1 fully saturated rings. The Bertz CT molecular complexity index is 1460. The second kappa shape index (κ2) is 17.9. The van der Waals surface area contributed by atoms with E-state index in [1.165, 1.54) is 76.2 Å². The van der Waals surface area contributed by atoms with Crippen LogP contribution in [0.2, 0.25) is 0 Å². The second-order valence-electron chi connectivity index (χ2n) is 14.3. The van der Waals surface area contributed by atoms with Gasteiger partial charge in [0, 0.05) is 11.1 Å². The Morgan fingerprint density at radius 3 is 1.96 bits per heavy atom. The standard InChI is InChI=1S/C44H55F3/c1-3-5-7-8-9-10-11-12-14-38-27-30-41(44(47)43(38)46)37-25-23-36(24-26-37)40-29-28-39(31-42(40)45)35-21-19-34(20-22-35)33-17-15-32(16-18-33)13-6-4-2/h4,21,23-34H,2-3,5-20,22H2,1H3. The van der Waals surface area contributed by atoms with Crippen LogP contribution in [-0.4, -0.2) is 0 Å². The highest BCUT2D eigenvalue weighted by Crippen LogP contribution is 2.42. The first-order valence-electron chi connectivity index (χ1n) is 18.7. The van der Waals surface area contributed by atoms with Gasteiger partial charge in [-0.15, -0.1) is 6.58 Å². The largest absolute Gasteiger partial charge is 0.206 e. The van der Waals surface area contributed by atoms with Gasteiger partial charge in [-0.05, 0) is 109 Å². The molecule has 0 nitrogen and oxygen atoms in total. The van der Waals surface area contributed by atoms with Crippen molar-refractivity contribution in [2.24, 2.45) is 17.8 Å². The van der Waals surface area contributed by atoms with Crippen LogP contribution < -0.4 is 0 Å². The van der Waals surface area contributed by atoms with E-state index in [9.17, 15) is 4.39 Å². The van der Waals surface area contributed by atoms with E-state index in [-0.39, 0.29) is 11.4 Å². The third kappa shape index (κ3) is 9.52. The van der Waals surface area contributed by atoms with Gasteiger partial charge in [0.25, 0.3) is 0 Å². The molecule has 3 heteroatoms. The van der Waals surface area contributed by atoms with Gasteiger partial charge >= 0.3 is 0 Å². The second-order valence-corrected chi connectivity index (χ2v) is 14.3. The zero-order valence-corrected chi connectivity index (χ0v) is 28.7. The van der Waals surface area contributed by atoms with Crippen molar-refractivity contribution in [2.75, 3.05) is 0 Å². The van der Waals surface area contributed by atoms with Crippen LogP contribution in [0.4, 0.5) is 13.2 Å². The molecule has 3 aromatic carbocycles. The predicted molar refractivity (Wildman–Crippen MR) is 194 cm³/mol. The summed E-state index contributed by atoms with van der Waals surface area (Å²) < 4.78 is 45.6. The van der Waals surface area contributed by atoms with Crippen molar-refractivity contribution in [3.8, 4) is 22.3 Å². The summed E-state index contributed by atoms with van der Waals surface area (Å²) in [5.74, 6) is 0.666. The predicted octanol–water partition coefficient (Wildman–Crippen LogP) is 14.1. The van der Waals surface area contributed by atoms with Crippen molar-refractivity contribution in [2.45, 2.75) is 122 Å². The summed E-state index contributed by atoms with van der Waals surface area (Å²) >= 11 is 0. The smallest absolute Gasteiger partial charge is 0.166 e. The van der Waals surface area contributed by atoms with Gasteiger partial charge in [0.2, 0.25) is 0 Å². The molecule has 1 saturated carbocycles. The molecular weight excluding hydrogens is 585 g/mol. The number of hydrogen-bond donors (Lipinski definition) is 0. The van der Waals surface area contributed by atoms with Gasteiger partial charge in [0.05, 0.1) is 0 Å². The Hall–Kier alpha value is -3.07. The van der Waals surface area contributed by atoms with Crippen LogP contribution in [-0.2, 0) is 6.42 Å². The zero-order chi connectivity index (χ0) is 33.0. The molecule has 0 bridgehead atoms. The Kier molecular flexibility index (Phi) is 13.4. The van der Waals surface area contributed by atoms with Crippen LogP contribution in [0.15, 0.2) is 73.3 Å². The molecule has 0 aromatic heterocycles. The van der Waals surface area contributed by atoms with Crippen LogP contribution in [0, 0.1) is 35.2 Å². The van der Waals surface area contributed by atoms with E-state index < -0.39 is 11.6 Å². The maximum Gasteiger partial charge on any atom is 0.166 e. The van der Waals surface area contributed by atoms with Crippen LogP contribution in [0.5, 0.6) is 0 Å². The molecule has 0 aliphatic heterocycles. The summed E-state index contributed by atoms with van der Waals surface area (Å²) in [5, 5.41) is 0. The molecule has 0 heterocycles. The monoisotopic (exact) mass is 640 g/mol. The fourth-order valence-electron chi connectivity index (χ4n) is 8.08. The molecule has 47 heavy (non-hydrogen) atoms. The van der Waals surface area contributed by atoms with Crippen molar-refractivity contribution < 1.29 is 13.2 Å². The summed E-state index contributed by atoms with van der Waals surface area (Å²) in [7, 11) is 0. The van der Waals surface area contributed by atoms with Gasteiger partial charge in [-0.3, -0.25) is 0 Å². The van der Waals surface area contributed by atoms with E-state index in [0.717, 1.165) is 67.4 Å². The van der Waals surface area contributed by atoms with E-state index in [1.807, 2.05) is 12.1 Å². The SMILES string of the molecule is C=CCCC1CCC(C2CC=C(c3ccc(-c4ccc(-c5ccc(CCCCCCCCCC)c(F)c5F)cc4)c(F)c3)CC2)CC1. The molecule has 0 radical (unpaired) electrons. The van der Waals surface area contributed by atoms with Gasteiger partial charge in [-0.2, -0.15) is 0 Å². The van der Waals surface area contributed by atoms with Crippen molar-refractivity contribution in [1.82, 2.24) is 0 Å². The first-order chi connectivity index (χ1) is 23.0. The summed E-state index contributed by atoms with van der Waals surface area (Å²) in [6.45, 7) is 6.09. The van der Waals surface area contributed by atoms with Gasteiger partial charge in [-0.1, -0.05) is 125 Å². The van der Waals surface area contributed by atoms with E-state index in [0.29, 0.717) is 23.1 Å². The number of allylic oxidation sites excluding steroid dienone is 3. The Morgan fingerprint density at radius 2 is 1.32 bits per heavy atom. The first kappa shape index (κ1) is 35.2. The number of rotatable bonds is 16. The summed E-state index contributed by atoms with van der Waals surface area (Å²) in [6.07, 6.45) is 25.5. The fourth-order valence-corrected chi connectivity index (χ4v) is 8.08. The van der Waals surface area contributed by atoms with Crippen molar-refractivity contribution in [1.29, 1.82) is 0 Å². The number of aryl methyl sites for hydroxylation is 1. The number of hydrogen-bond acceptors (Lipinski definition) is 0. The molecule has 0 N–H and O–H groups in total. The molecule has 5 rings (SSSR count). The summed E-state index contributed by atoms with van der Waals surface area (Å²) in [4.78, 5) is 0. The van der Waals surface area contributed by atoms with E-state index >= 15 is 8.78 Å². The Morgan fingerprint density at radius 1 is 0.681 bits per heavy atom. The summed E-state index contributed by atoms with van der Waals surface area (Å²) in [6, 6.07) is 16.1. The number of halogens is 3. The Balaban J connectivity index is 1.15. The van der Waals surface area contributed by atoms with Crippen LogP contribution in [0.3, 0.4) is 0 Å². The minimum atomic E-state index is -0.801. The molecule has 2 aliphatic carbocycles. The highest BCUT2D eigenvalue weighted by Gasteiger charge is 2.28. The lowest BCUT2D eigenvalue weighted by molar-refractivity contribution is 0.190. The third-order valence-electron chi connectivity index (χ3n) is 11.1. The molecule has 1 unspecified atom stereocenters. The lowest BCUT2D eigenvalue weighted by atomic mass is 9.70. The molecule has 3 aromatic rings.